The van der Waals surface area contributed by atoms with Gasteiger partial charge in [0.15, 0.2) is 0 Å². The van der Waals surface area contributed by atoms with E-state index < -0.39 is 32.1 Å². The number of halogens is 3. The Morgan fingerprint density at radius 2 is 1.84 bits per heavy atom. The van der Waals surface area contributed by atoms with Gasteiger partial charge in [-0.15, -0.1) is 0 Å². The highest BCUT2D eigenvalue weighted by molar-refractivity contribution is 8.33. The average Bonchev–Trinajstić information content (AvgIpc) is 3.15. The summed E-state index contributed by atoms with van der Waals surface area (Å²) in [6.07, 6.45) is 1.87. The van der Waals surface area contributed by atoms with E-state index in [0.29, 0.717) is 34.9 Å². The molecule has 0 bridgehead atoms. The third-order valence-corrected chi connectivity index (χ3v) is 10.2. The molecule has 1 aliphatic rings. The van der Waals surface area contributed by atoms with Gasteiger partial charge in [-0.25, -0.2) is 8.42 Å². The number of alkyl halides is 3. The molecule has 0 unspecified atom stereocenters. The van der Waals surface area contributed by atoms with Crippen LogP contribution in [0.5, 0.6) is 5.75 Å². The van der Waals surface area contributed by atoms with E-state index in [-0.39, 0.29) is 23.9 Å². The van der Waals surface area contributed by atoms with E-state index in [2.05, 4.69) is 0 Å². The molecule has 0 saturated carbocycles. The van der Waals surface area contributed by atoms with Gasteiger partial charge in [0.1, 0.15) is 5.75 Å². The topological polar surface area (TPSA) is 78.9 Å². The van der Waals surface area contributed by atoms with Crippen LogP contribution in [0.15, 0.2) is 41.3 Å². The molecule has 6 nitrogen and oxygen atoms in total. The van der Waals surface area contributed by atoms with Crippen LogP contribution < -0.4 is 4.74 Å². The van der Waals surface area contributed by atoms with Crippen molar-refractivity contribution < 1.29 is 39.5 Å². The Kier molecular flexibility index (Phi) is 7.07. The summed E-state index contributed by atoms with van der Waals surface area (Å²) in [6, 6.07) is 9.57. The maximum Gasteiger partial charge on any atom is 0.523 e. The first-order chi connectivity index (χ1) is 14.6. The Hall–Kier alpha value is -1.98. The van der Waals surface area contributed by atoms with Crippen molar-refractivity contribution in [3.63, 3.8) is 0 Å². The number of ether oxygens (including phenoxy) is 2. The van der Waals surface area contributed by atoms with E-state index in [9.17, 15) is 26.4 Å². The molecule has 0 radical (unpaired) electrons. The third-order valence-electron chi connectivity index (χ3n) is 4.83. The summed E-state index contributed by atoms with van der Waals surface area (Å²) in [6.45, 7) is 2.20. The summed E-state index contributed by atoms with van der Waals surface area (Å²) in [7, 11) is -8.44. The van der Waals surface area contributed by atoms with Crippen LogP contribution in [-0.2, 0) is 18.5 Å². The molecule has 1 aliphatic heterocycles. The molecule has 172 valence electrons. The second kappa shape index (κ2) is 9.25. The lowest BCUT2D eigenvalue weighted by molar-refractivity contribution is -0.0496. The number of carbonyl (C=O) groups excluding carboxylic acids is 1. The van der Waals surface area contributed by atoms with Crippen LogP contribution in [-0.4, -0.2) is 38.2 Å². The van der Waals surface area contributed by atoms with Gasteiger partial charge in [-0.3, -0.25) is 0 Å². The van der Waals surface area contributed by atoms with Gasteiger partial charge in [-0.2, -0.15) is 21.6 Å². The SMILES string of the molecule is CCCCOC(=O)Oc1ccc2c(S3(OS(=O)(=O)C(F)(F)F)CCCC3)cccc2c1. The van der Waals surface area contributed by atoms with Gasteiger partial charge in [0.25, 0.3) is 0 Å². The molecule has 0 atom stereocenters. The van der Waals surface area contributed by atoms with Crippen LogP contribution in [0.2, 0.25) is 0 Å². The van der Waals surface area contributed by atoms with Gasteiger partial charge in [-0.1, -0.05) is 35.8 Å². The van der Waals surface area contributed by atoms with E-state index in [1.54, 1.807) is 30.3 Å². The summed E-state index contributed by atoms with van der Waals surface area (Å²) in [5, 5.41) is 1.15. The first-order valence-corrected chi connectivity index (χ1v) is 13.1. The first-order valence-electron chi connectivity index (χ1n) is 9.76. The Balaban J connectivity index is 1.93. The second-order valence-corrected chi connectivity index (χ2v) is 11.9. The van der Waals surface area contributed by atoms with Gasteiger partial charge >= 0.3 is 21.8 Å². The molecule has 2 aromatic rings. The summed E-state index contributed by atoms with van der Waals surface area (Å²) in [4.78, 5) is 12.2. The normalized spacial score (nSPS) is 17.4. The second-order valence-electron chi connectivity index (χ2n) is 7.09. The molecular weight excluding hydrogens is 457 g/mol. The maximum atomic E-state index is 13.0. The summed E-state index contributed by atoms with van der Waals surface area (Å²) in [5.41, 5.74) is -5.49. The van der Waals surface area contributed by atoms with Crippen molar-refractivity contribution in [2.75, 3.05) is 18.1 Å². The minimum Gasteiger partial charge on any atom is -0.434 e. The molecule has 1 saturated heterocycles. The fourth-order valence-corrected chi connectivity index (χ4v) is 8.77. The number of rotatable bonds is 7. The molecule has 0 N–H and O–H groups in total. The van der Waals surface area contributed by atoms with Crippen LogP contribution in [0.25, 0.3) is 10.8 Å². The molecule has 3 rings (SSSR count). The molecule has 0 aliphatic carbocycles. The van der Waals surface area contributed by atoms with Crippen LogP contribution in [0.4, 0.5) is 18.0 Å². The van der Waals surface area contributed by atoms with Gasteiger partial charge < -0.3 is 9.47 Å². The number of hydrogen-bond acceptors (Lipinski definition) is 6. The van der Waals surface area contributed by atoms with Crippen LogP contribution >= 0.6 is 10.3 Å². The number of benzene rings is 2. The lowest BCUT2D eigenvalue weighted by atomic mass is 10.1. The third kappa shape index (κ3) is 5.27. The van der Waals surface area contributed by atoms with E-state index >= 15 is 0 Å². The monoisotopic (exact) mass is 480 g/mol. The van der Waals surface area contributed by atoms with Crippen LogP contribution in [0.1, 0.15) is 32.6 Å². The summed E-state index contributed by atoms with van der Waals surface area (Å²) in [5.74, 6) is 0.665. The maximum absolute atomic E-state index is 13.0. The van der Waals surface area contributed by atoms with Gasteiger partial charge in [-0.05, 0) is 54.3 Å². The quantitative estimate of drug-likeness (QED) is 0.213. The van der Waals surface area contributed by atoms with Crippen molar-refractivity contribution >= 4 is 37.4 Å². The Bertz CT molecular complexity index is 1050. The molecule has 0 spiro atoms. The van der Waals surface area contributed by atoms with Gasteiger partial charge in [0, 0.05) is 16.4 Å². The number of unbranched alkanes of at least 4 members (excludes halogenated alkanes) is 1. The number of hydrogen-bond donors (Lipinski definition) is 0. The fourth-order valence-electron chi connectivity index (χ4n) is 3.35. The zero-order valence-electron chi connectivity index (χ0n) is 16.8. The zero-order chi connectivity index (χ0) is 22.7. The largest absolute Gasteiger partial charge is 0.523 e. The Morgan fingerprint density at radius 1 is 1.13 bits per heavy atom. The van der Waals surface area contributed by atoms with E-state index in [4.69, 9.17) is 13.1 Å². The van der Waals surface area contributed by atoms with Crippen molar-refractivity contribution in [2.45, 2.75) is 43.0 Å². The predicted molar refractivity (Wildman–Crippen MR) is 112 cm³/mol. The summed E-state index contributed by atoms with van der Waals surface area (Å²) < 4.78 is 77.7. The molecule has 1 fully saturated rings. The Morgan fingerprint density at radius 3 is 2.48 bits per heavy atom. The van der Waals surface area contributed by atoms with Crippen LogP contribution in [0.3, 0.4) is 0 Å². The predicted octanol–water partition coefficient (Wildman–Crippen LogP) is 5.89. The van der Waals surface area contributed by atoms with Crippen molar-refractivity contribution in [2.24, 2.45) is 0 Å². The minimum absolute atomic E-state index is 0.213. The van der Waals surface area contributed by atoms with Crippen molar-refractivity contribution in [3.05, 3.63) is 36.4 Å². The van der Waals surface area contributed by atoms with E-state index in [0.717, 1.165) is 6.42 Å². The zero-order valence-corrected chi connectivity index (χ0v) is 18.4. The molecule has 11 heteroatoms. The first kappa shape index (κ1) is 23.7. The standard InChI is InChI=1S/C20H23F3O6S2/c1-2-3-11-27-19(24)28-16-9-10-17-15(14-16)7-6-8-18(17)30(12-4-5-13-30)29-31(25,26)20(21,22)23/h6-10,14H,2-5,11-13H2,1H3. The van der Waals surface area contributed by atoms with Crippen molar-refractivity contribution in [1.29, 1.82) is 0 Å². The highest BCUT2D eigenvalue weighted by Gasteiger charge is 2.52. The van der Waals surface area contributed by atoms with Crippen LogP contribution in [0, 0.1) is 0 Å². The Labute approximate surface area is 180 Å². The number of fused-ring (bicyclic) bond motifs is 1. The van der Waals surface area contributed by atoms with Crippen molar-refractivity contribution in [1.82, 2.24) is 0 Å². The molecule has 31 heavy (non-hydrogen) atoms. The van der Waals surface area contributed by atoms with E-state index in [1.165, 1.54) is 6.07 Å². The smallest absolute Gasteiger partial charge is 0.434 e. The van der Waals surface area contributed by atoms with Gasteiger partial charge in [0.05, 0.1) is 6.61 Å². The highest BCUT2D eigenvalue weighted by atomic mass is 32.3. The minimum atomic E-state index is -5.74. The highest BCUT2D eigenvalue weighted by Crippen LogP contribution is 2.65. The molecule has 0 amide bonds. The average molecular weight is 481 g/mol. The lowest BCUT2D eigenvalue weighted by Crippen LogP contribution is -2.27. The lowest BCUT2D eigenvalue weighted by Gasteiger charge is -2.35. The van der Waals surface area contributed by atoms with Crippen molar-refractivity contribution in [3.8, 4) is 5.75 Å². The molecule has 2 aromatic carbocycles. The summed E-state index contributed by atoms with van der Waals surface area (Å²) >= 11 is 0. The molecular formula is C20H23F3O6S2. The van der Waals surface area contributed by atoms with Gasteiger partial charge in [0.2, 0.25) is 0 Å². The number of carbonyl (C=O) groups is 1. The molecule has 1 heterocycles. The van der Waals surface area contributed by atoms with E-state index in [1.807, 2.05) is 6.92 Å². The molecule has 0 aromatic heterocycles. The fraction of sp³-hybridized carbons (Fsp3) is 0.450.